The Morgan fingerprint density at radius 2 is 2.10 bits per heavy atom. The quantitative estimate of drug-likeness (QED) is 0.583. The van der Waals surface area contributed by atoms with Crippen molar-refractivity contribution in [3.05, 3.63) is 0 Å². The minimum Gasteiger partial charge on any atom is -0.267 e. The maximum atomic E-state index is 11.5. The molecule has 0 N–H and O–H groups in total. The van der Waals surface area contributed by atoms with E-state index >= 15 is 0 Å². The number of hydrogen-bond acceptors (Lipinski definition) is 3. The van der Waals surface area contributed by atoms with Crippen molar-refractivity contribution >= 4 is 10.1 Å². The number of halogens is 1. The van der Waals surface area contributed by atoms with E-state index in [-0.39, 0.29) is 6.42 Å². The lowest BCUT2D eigenvalue weighted by Crippen LogP contribution is -2.14. The predicted molar refractivity (Wildman–Crippen MR) is 36.0 cm³/mol. The Morgan fingerprint density at radius 3 is 2.40 bits per heavy atom. The Kier molecular flexibility index (Phi) is 3.81. The molecule has 0 aliphatic carbocycles. The molecule has 0 aliphatic rings. The summed E-state index contributed by atoms with van der Waals surface area (Å²) in [6.07, 6.45) is 0.509. The van der Waals surface area contributed by atoms with Crippen LogP contribution in [0.3, 0.4) is 0 Å². The molecule has 0 aromatic carbocycles. The summed E-state index contributed by atoms with van der Waals surface area (Å²) in [5.41, 5.74) is 0. The minimum absolute atomic E-state index is 0.118. The SMILES string of the molecule is CC(CCF)OS(C)(=O)=O. The standard InChI is InChI=1S/C5H11FO3S/c1-5(3-4-6)9-10(2,7)8/h5H,3-4H2,1-2H3. The maximum Gasteiger partial charge on any atom is 0.264 e. The summed E-state index contributed by atoms with van der Waals surface area (Å²) in [4.78, 5) is 0. The molecule has 3 nitrogen and oxygen atoms in total. The molecular weight excluding hydrogens is 159 g/mol. The molecule has 0 aromatic rings. The van der Waals surface area contributed by atoms with Crippen LogP contribution in [0.25, 0.3) is 0 Å². The van der Waals surface area contributed by atoms with Crippen LogP contribution < -0.4 is 0 Å². The van der Waals surface area contributed by atoms with Gasteiger partial charge in [-0.1, -0.05) is 0 Å². The highest BCUT2D eigenvalue weighted by atomic mass is 32.2. The Bertz CT molecular complexity index is 175. The first-order valence-corrected chi connectivity index (χ1v) is 4.71. The second-order valence-corrected chi connectivity index (χ2v) is 3.69. The molecule has 0 saturated heterocycles. The van der Waals surface area contributed by atoms with Crippen LogP contribution in [-0.4, -0.2) is 27.5 Å². The average molecular weight is 170 g/mol. The van der Waals surface area contributed by atoms with Crippen LogP contribution >= 0.6 is 0 Å². The Hall–Kier alpha value is -0.160. The van der Waals surface area contributed by atoms with E-state index in [0.717, 1.165) is 6.26 Å². The van der Waals surface area contributed by atoms with Crippen molar-refractivity contribution in [1.82, 2.24) is 0 Å². The third-order valence-corrected chi connectivity index (χ3v) is 1.53. The molecule has 0 aliphatic heterocycles. The van der Waals surface area contributed by atoms with Crippen molar-refractivity contribution in [3.63, 3.8) is 0 Å². The summed E-state index contributed by atoms with van der Waals surface area (Å²) in [7, 11) is -3.41. The van der Waals surface area contributed by atoms with Gasteiger partial charge in [0.15, 0.2) is 0 Å². The van der Waals surface area contributed by atoms with Crippen molar-refractivity contribution in [2.24, 2.45) is 0 Å². The summed E-state index contributed by atoms with van der Waals surface area (Å²) in [6.45, 7) is 0.956. The van der Waals surface area contributed by atoms with Gasteiger partial charge in [-0.2, -0.15) is 8.42 Å². The van der Waals surface area contributed by atoms with E-state index in [9.17, 15) is 12.8 Å². The van der Waals surface area contributed by atoms with Crippen LogP contribution in [-0.2, 0) is 14.3 Å². The third-order valence-electron chi connectivity index (χ3n) is 0.855. The van der Waals surface area contributed by atoms with Crippen LogP contribution in [0.4, 0.5) is 4.39 Å². The molecule has 0 rings (SSSR count). The summed E-state index contributed by atoms with van der Waals surface area (Å²) in [6, 6.07) is 0. The molecule has 0 fully saturated rings. The first-order valence-electron chi connectivity index (χ1n) is 2.90. The van der Waals surface area contributed by atoms with Crippen molar-refractivity contribution in [3.8, 4) is 0 Å². The van der Waals surface area contributed by atoms with Gasteiger partial charge in [-0.3, -0.25) is 8.57 Å². The van der Waals surface area contributed by atoms with Gasteiger partial charge < -0.3 is 0 Å². The molecular formula is C5H11FO3S. The molecule has 10 heavy (non-hydrogen) atoms. The zero-order valence-corrected chi connectivity index (χ0v) is 6.82. The molecule has 1 atom stereocenters. The van der Waals surface area contributed by atoms with Crippen LogP contribution in [0.5, 0.6) is 0 Å². The van der Waals surface area contributed by atoms with E-state index in [1.807, 2.05) is 0 Å². The van der Waals surface area contributed by atoms with E-state index in [2.05, 4.69) is 4.18 Å². The topological polar surface area (TPSA) is 43.4 Å². The van der Waals surface area contributed by atoms with Crippen LogP contribution in [0.15, 0.2) is 0 Å². The van der Waals surface area contributed by atoms with Crippen LogP contribution in [0, 0.1) is 0 Å². The number of hydrogen-bond donors (Lipinski definition) is 0. The second-order valence-electron chi connectivity index (χ2n) is 2.09. The summed E-state index contributed by atoms with van der Waals surface area (Å²) in [5, 5.41) is 0. The summed E-state index contributed by atoms with van der Waals surface area (Å²) in [5.74, 6) is 0. The number of rotatable bonds is 4. The zero-order chi connectivity index (χ0) is 8.20. The van der Waals surface area contributed by atoms with Crippen molar-refractivity contribution < 1.29 is 17.0 Å². The molecule has 0 amide bonds. The van der Waals surface area contributed by atoms with Gasteiger partial charge in [-0.25, -0.2) is 0 Å². The first kappa shape index (κ1) is 9.84. The maximum absolute atomic E-state index is 11.5. The van der Waals surface area contributed by atoms with Crippen molar-refractivity contribution in [2.75, 3.05) is 12.9 Å². The average Bonchev–Trinajstić information content (AvgIpc) is 1.59. The lowest BCUT2D eigenvalue weighted by Gasteiger charge is -2.06. The fraction of sp³-hybridized carbons (Fsp3) is 1.00. The molecule has 1 unspecified atom stereocenters. The highest BCUT2D eigenvalue weighted by Crippen LogP contribution is 2.01. The molecule has 0 heterocycles. The van der Waals surface area contributed by atoms with E-state index in [1.54, 1.807) is 0 Å². The van der Waals surface area contributed by atoms with Gasteiger partial charge in [0.05, 0.1) is 19.0 Å². The lowest BCUT2D eigenvalue weighted by atomic mass is 10.3. The fourth-order valence-corrected chi connectivity index (χ4v) is 1.19. The summed E-state index contributed by atoms with van der Waals surface area (Å²) >= 11 is 0. The monoisotopic (exact) mass is 170 g/mol. The van der Waals surface area contributed by atoms with Crippen LogP contribution in [0.2, 0.25) is 0 Å². The smallest absolute Gasteiger partial charge is 0.264 e. The number of alkyl halides is 1. The van der Waals surface area contributed by atoms with Gasteiger partial charge in [-0.05, 0) is 6.92 Å². The van der Waals surface area contributed by atoms with Gasteiger partial charge >= 0.3 is 0 Å². The van der Waals surface area contributed by atoms with E-state index in [1.165, 1.54) is 6.92 Å². The summed E-state index contributed by atoms with van der Waals surface area (Å²) < 4.78 is 36.7. The van der Waals surface area contributed by atoms with Gasteiger partial charge in [0.2, 0.25) is 0 Å². The Balaban J connectivity index is 3.69. The van der Waals surface area contributed by atoms with Crippen molar-refractivity contribution in [1.29, 1.82) is 0 Å². The fourth-order valence-electron chi connectivity index (χ4n) is 0.500. The molecule has 5 heteroatoms. The third kappa shape index (κ3) is 5.97. The van der Waals surface area contributed by atoms with Crippen molar-refractivity contribution in [2.45, 2.75) is 19.4 Å². The van der Waals surface area contributed by atoms with Gasteiger partial charge in [0, 0.05) is 6.42 Å². The van der Waals surface area contributed by atoms with E-state index in [0.29, 0.717) is 0 Å². The molecule has 0 aromatic heterocycles. The van der Waals surface area contributed by atoms with Gasteiger partial charge in [-0.15, -0.1) is 0 Å². The predicted octanol–water partition coefficient (Wildman–Crippen LogP) is 0.711. The molecule has 0 bridgehead atoms. The zero-order valence-electron chi connectivity index (χ0n) is 6.00. The van der Waals surface area contributed by atoms with E-state index in [4.69, 9.17) is 0 Å². The molecule has 62 valence electrons. The Morgan fingerprint density at radius 1 is 1.60 bits per heavy atom. The lowest BCUT2D eigenvalue weighted by molar-refractivity contribution is 0.206. The first-order chi connectivity index (χ1) is 4.45. The van der Waals surface area contributed by atoms with Gasteiger partial charge in [0.1, 0.15) is 0 Å². The largest absolute Gasteiger partial charge is 0.267 e. The van der Waals surface area contributed by atoms with Crippen LogP contribution in [0.1, 0.15) is 13.3 Å². The highest BCUT2D eigenvalue weighted by molar-refractivity contribution is 7.86. The molecule has 0 spiro atoms. The Labute approximate surface area is 60.3 Å². The normalized spacial score (nSPS) is 15.1. The molecule has 0 saturated carbocycles. The van der Waals surface area contributed by atoms with E-state index < -0.39 is 22.9 Å². The molecule has 0 radical (unpaired) electrons. The van der Waals surface area contributed by atoms with Gasteiger partial charge in [0.25, 0.3) is 10.1 Å². The second kappa shape index (κ2) is 3.88. The minimum atomic E-state index is -3.41. The highest BCUT2D eigenvalue weighted by Gasteiger charge is 2.08.